The summed E-state index contributed by atoms with van der Waals surface area (Å²) in [5.41, 5.74) is 12.9. The minimum absolute atomic E-state index is 0.754. The Bertz CT molecular complexity index is 4070. The molecule has 0 saturated carbocycles. The van der Waals surface area contributed by atoms with Crippen LogP contribution in [0.5, 0.6) is 0 Å². The second-order valence-corrected chi connectivity index (χ2v) is 16.0. The number of pyridine rings is 1. The van der Waals surface area contributed by atoms with E-state index in [-0.39, 0.29) is 0 Å². The van der Waals surface area contributed by atoms with Crippen molar-refractivity contribution in [3.8, 4) is 22.9 Å². The molecule has 0 radical (unpaired) electrons. The number of fused-ring (bicyclic) bond motifs is 14. The summed E-state index contributed by atoms with van der Waals surface area (Å²) in [5, 5.41) is 10.6. The minimum Gasteiger partial charge on any atom is -0.452 e. The molecule has 0 fully saturated rings. The summed E-state index contributed by atoms with van der Waals surface area (Å²) < 4.78 is 16.3. The number of aromatic nitrogens is 5. The summed E-state index contributed by atoms with van der Waals surface area (Å²) in [6.45, 7) is 0. The molecule has 0 spiro atoms. The maximum Gasteiger partial charge on any atom is 0.181 e. The Balaban J connectivity index is 1.000. The van der Waals surface area contributed by atoms with Crippen molar-refractivity contribution in [2.24, 2.45) is 0 Å². The predicted molar refractivity (Wildman–Crippen MR) is 251 cm³/mol. The van der Waals surface area contributed by atoms with Gasteiger partial charge in [-0.3, -0.25) is 13.7 Å². The highest BCUT2D eigenvalue weighted by atomic mass is 16.3. The van der Waals surface area contributed by atoms with Crippen LogP contribution in [-0.4, -0.2) is 23.3 Å². The summed E-state index contributed by atoms with van der Waals surface area (Å²) in [5.74, 6) is 0.768. The Morgan fingerprint density at radius 3 is 1.46 bits per heavy atom. The maximum absolute atomic E-state index is 6.87. The lowest BCUT2D eigenvalue weighted by atomic mass is 10.1. The van der Waals surface area contributed by atoms with Gasteiger partial charge in [0.1, 0.15) is 11.2 Å². The predicted octanol–water partition coefficient (Wildman–Crippen LogP) is 14.2. The van der Waals surface area contributed by atoms with Crippen LogP contribution in [0.2, 0.25) is 0 Å². The maximum atomic E-state index is 6.87. The average molecular weight is 780 g/mol. The van der Waals surface area contributed by atoms with E-state index in [4.69, 9.17) is 9.40 Å². The fourth-order valence-corrected chi connectivity index (χ4v) is 10.3. The van der Waals surface area contributed by atoms with Gasteiger partial charge in [-0.05, 0) is 84.9 Å². The van der Waals surface area contributed by atoms with E-state index in [1.54, 1.807) is 0 Å². The van der Waals surface area contributed by atoms with Crippen LogP contribution >= 0.6 is 0 Å². The van der Waals surface area contributed by atoms with Crippen molar-refractivity contribution in [1.82, 2.24) is 23.3 Å². The summed E-state index contributed by atoms with van der Waals surface area (Å²) in [6.07, 6.45) is 1.92. The van der Waals surface area contributed by atoms with Crippen LogP contribution < -0.4 is 0 Å². The molecule has 6 heteroatoms. The highest BCUT2D eigenvalue weighted by molar-refractivity contribution is 6.23. The van der Waals surface area contributed by atoms with Crippen LogP contribution in [0.15, 0.2) is 205 Å². The molecule has 6 heterocycles. The molecular formula is C55H33N5O. The number of furan rings is 1. The van der Waals surface area contributed by atoms with Crippen molar-refractivity contribution in [3.63, 3.8) is 0 Å². The monoisotopic (exact) mass is 779 g/mol. The van der Waals surface area contributed by atoms with E-state index in [2.05, 4.69) is 212 Å². The number of benzene rings is 8. The molecule has 0 atom stereocenters. The van der Waals surface area contributed by atoms with Gasteiger partial charge in [0.05, 0.1) is 33.1 Å². The van der Waals surface area contributed by atoms with E-state index in [0.717, 1.165) is 77.8 Å². The van der Waals surface area contributed by atoms with E-state index >= 15 is 0 Å². The molecule has 14 aromatic rings. The molecule has 0 N–H and O–H groups in total. The fourth-order valence-electron chi connectivity index (χ4n) is 10.3. The first-order valence-corrected chi connectivity index (χ1v) is 20.7. The summed E-state index contributed by atoms with van der Waals surface area (Å²) in [7, 11) is 0. The van der Waals surface area contributed by atoms with Crippen molar-refractivity contribution in [1.29, 1.82) is 0 Å². The number of rotatable bonds is 4. The van der Waals surface area contributed by atoms with E-state index in [0.29, 0.717) is 0 Å². The largest absolute Gasteiger partial charge is 0.452 e. The van der Waals surface area contributed by atoms with Gasteiger partial charge in [0, 0.05) is 71.7 Å². The van der Waals surface area contributed by atoms with E-state index in [9.17, 15) is 0 Å². The van der Waals surface area contributed by atoms with Gasteiger partial charge in [-0.2, -0.15) is 0 Å². The van der Waals surface area contributed by atoms with Crippen molar-refractivity contribution in [2.75, 3.05) is 0 Å². The van der Waals surface area contributed by atoms with Crippen molar-refractivity contribution >= 4 is 98.4 Å². The highest BCUT2D eigenvalue weighted by Crippen LogP contribution is 2.43. The standard InChI is InChI=1S/C55H33N5O/c1-2-14-34(15-3-1)58-48-24-12-7-19-41(48)52-42-20-8-13-25-49(42)59(55(52)58)36-27-29-51-44(33-36)40-30-31-56-54(53(40)61-51)60-47-23-11-6-18-39(47)43-32-35(26-28-50(43)60)57-45-21-9-4-16-37(45)38-17-5-10-22-46(38)57/h1-33H. The molecule has 0 bridgehead atoms. The second-order valence-electron chi connectivity index (χ2n) is 16.0. The molecule has 8 aromatic carbocycles. The smallest absolute Gasteiger partial charge is 0.181 e. The van der Waals surface area contributed by atoms with Crippen LogP contribution in [0.25, 0.3) is 121 Å². The molecule has 0 saturated heterocycles. The van der Waals surface area contributed by atoms with Gasteiger partial charge < -0.3 is 8.98 Å². The van der Waals surface area contributed by atoms with E-state index in [1.807, 2.05) is 6.20 Å². The summed E-state index contributed by atoms with van der Waals surface area (Å²) >= 11 is 0. The average Bonchev–Trinajstić information content (AvgIpc) is 4.12. The van der Waals surface area contributed by atoms with Crippen molar-refractivity contribution in [3.05, 3.63) is 200 Å². The van der Waals surface area contributed by atoms with Gasteiger partial charge in [-0.25, -0.2) is 4.98 Å². The Kier molecular flexibility index (Phi) is 6.46. The molecule has 0 aliphatic rings. The third kappa shape index (κ3) is 4.37. The summed E-state index contributed by atoms with van der Waals surface area (Å²) in [4.78, 5) is 5.08. The first-order chi connectivity index (χ1) is 30.3. The zero-order valence-electron chi connectivity index (χ0n) is 32.7. The van der Waals surface area contributed by atoms with Crippen LogP contribution in [0.4, 0.5) is 0 Å². The first-order valence-electron chi connectivity index (χ1n) is 20.7. The quantitative estimate of drug-likeness (QED) is 0.179. The lowest BCUT2D eigenvalue weighted by Gasteiger charge is -2.13. The number of para-hydroxylation sites is 6. The van der Waals surface area contributed by atoms with Crippen molar-refractivity contribution < 1.29 is 4.42 Å². The molecule has 0 aliphatic heterocycles. The zero-order valence-corrected chi connectivity index (χ0v) is 32.7. The minimum atomic E-state index is 0.754. The molecule has 6 aromatic heterocycles. The topological polar surface area (TPSA) is 45.8 Å². The van der Waals surface area contributed by atoms with E-state index < -0.39 is 0 Å². The fraction of sp³-hybridized carbons (Fsp3) is 0. The Labute approximate surface area is 347 Å². The molecule has 284 valence electrons. The first kappa shape index (κ1) is 32.6. The van der Waals surface area contributed by atoms with Gasteiger partial charge in [0.25, 0.3) is 0 Å². The number of nitrogens with zero attached hydrogens (tertiary/aromatic N) is 5. The molecule has 14 rings (SSSR count). The second kappa shape index (κ2) is 12.1. The van der Waals surface area contributed by atoms with Crippen LogP contribution in [0.1, 0.15) is 0 Å². The van der Waals surface area contributed by atoms with Gasteiger partial charge in [-0.15, -0.1) is 0 Å². The Morgan fingerprint density at radius 2 is 0.803 bits per heavy atom. The Morgan fingerprint density at radius 1 is 0.328 bits per heavy atom. The zero-order chi connectivity index (χ0) is 39.8. The Hall–Kier alpha value is -8.35. The van der Waals surface area contributed by atoms with Crippen LogP contribution in [0.3, 0.4) is 0 Å². The lowest BCUT2D eigenvalue weighted by Crippen LogP contribution is -2.01. The van der Waals surface area contributed by atoms with Gasteiger partial charge in [-0.1, -0.05) is 109 Å². The van der Waals surface area contributed by atoms with Gasteiger partial charge >= 0.3 is 0 Å². The van der Waals surface area contributed by atoms with Crippen LogP contribution in [-0.2, 0) is 0 Å². The number of hydrogen-bond donors (Lipinski definition) is 0. The number of hydrogen-bond acceptors (Lipinski definition) is 2. The molecule has 0 unspecified atom stereocenters. The third-order valence-electron chi connectivity index (χ3n) is 12.8. The molecule has 6 nitrogen and oxygen atoms in total. The molecular weight excluding hydrogens is 747 g/mol. The molecule has 0 aliphatic carbocycles. The normalized spacial score (nSPS) is 12.3. The highest BCUT2D eigenvalue weighted by Gasteiger charge is 2.24. The molecule has 0 amide bonds. The van der Waals surface area contributed by atoms with Crippen molar-refractivity contribution in [2.45, 2.75) is 0 Å². The van der Waals surface area contributed by atoms with E-state index in [1.165, 1.54) is 43.5 Å². The summed E-state index contributed by atoms with van der Waals surface area (Å²) in [6, 6.07) is 69.6. The third-order valence-corrected chi connectivity index (χ3v) is 12.8. The lowest BCUT2D eigenvalue weighted by molar-refractivity contribution is 0.663. The SMILES string of the molecule is c1ccc(-n2c3ccccc3c3c4ccccc4n(-c4ccc5oc6c(-n7c8ccccc8c8cc(-n9c%10ccccc%10c%10ccccc%109)ccc87)nccc6c5c4)c32)cc1. The molecule has 61 heavy (non-hydrogen) atoms. The van der Waals surface area contributed by atoms with Gasteiger partial charge in [0.15, 0.2) is 11.4 Å². The van der Waals surface area contributed by atoms with Gasteiger partial charge in [0.2, 0.25) is 0 Å². The van der Waals surface area contributed by atoms with Crippen LogP contribution in [0, 0.1) is 0 Å².